The van der Waals surface area contributed by atoms with Crippen molar-refractivity contribution < 1.29 is 9.47 Å². The molecule has 17 heavy (non-hydrogen) atoms. The molecular weight excluding hydrogens is 303 g/mol. The van der Waals surface area contributed by atoms with Crippen molar-refractivity contribution in [3.05, 3.63) is 27.7 Å². The van der Waals surface area contributed by atoms with Crippen molar-refractivity contribution in [3.8, 4) is 5.75 Å². The predicted octanol–water partition coefficient (Wildman–Crippen LogP) is 4.44. The molecular formula is C13H16BrClO2. The van der Waals surface area contributed by atoms with Crippen LogP contribution in [-0.2, 0) is 4.74 Å². The van der Waals surface area contributed by atoms with Gasteiger partial charge in [-0.2, -0.15) is 0 Å². The van der Waals surface area contributed by atoms with Crippen molar-refractivity contribution in [1.29, 1.82) is 0 Å². The van der Waals surface area contributed by atoms with E-state index in [1.54, 1.807) is 7.11 Å². The lowest BCUT2D eigenvalue weighted by atomic mass is 9.95. The highest BCUT2D eigenvalue weighted by atomic mass is 79.9. The maximum Gasteiger partial charge on any atom is 0.139 e. The number of hydrogen-bond donors (Lipinski definition) is 0. The van der Waals surface area contributed by atoms with Crippen molar-refractivity contribution in [2.45, 2.75) is 37.9 Å². The summed E-state index contributed by atoms with van der Waals surface area (Å²) < 4.78 is 12.3. The van der Waals surface area contributed by atoms with Gasteiger partial charge in [-0.15, -0.1) is 0 Å². The molecule has 0 aliphatic heterocycles. The summed E-state index contributed by atoms with van der Waals surface area (Å²) in [6, 6.07) is 5.68. The summed E-state index contributed by atoms with van der Waals surface area (Å²) in [5.74, 6) is 0.766. The molecule has 1 aliphatic rings. The topological polar surface area (TPSA) is 18.5 Å². The first-order valence-electron chi connectivity index (χ1n) is 5.83. The first-order valence-corrected chi connectivity index (χ1v) is 7.00. The minimum Gasteiger partial charge on any atom is -0.489 e. The Hall–Kier alpha value is -0.250. The molecule has 1 aromatic carbocycles. The SMILES string of the molecule is CO[C@H]1CC[C@H](Oc2cc(Br)ccc2Cl)CC1. The highest BCUT2D eigenvalue weighted by molar-refractivity contribution is 9.10. The molecule has 1 saturated carbocycles. The minimum absolute atomic E-state index is 0.258. The molecule has 0 radical (unpaired) electrons. The van der Waals surface area contributed by atoms with E-state index in [0.717, 1.165) is 35.9 Å². The molecule has 0 N–H and O–H groups in total. The van der Waals surface area contributed by atoms with Gasteiger partial charge in [-0.05, 0) is 43.9 Å². The van der Waals surface area contributed by atoms with E-state index >= 15 is 0 Å². The third kappa shape index (κ3) is 3.60. The van der Waals surface area contributed by atoms with Crippen LogP contribution in [0.15, 0.2) is 22.7 Å². The average molecular weight is 320 g/mol. The summed E-state index contributed by atoms with van der Waals surface area (Å²) in [6.45, 7) is 0. The molecule has 1 aromatic rings. The standard InChI is InChI=1S/C13H16BrClO2/c1-16-10-3-5-11(6-4-10)17-13-8-9(14)2-7-12(13)15/h2,7-8,10-11H,3-6H2,1H3/t10-,11-. The first-order chi connectivity index (χ1) is 8.19. The molecule has 0 aromatic heterocycles. The van der Waals surface area contributed by atoms with Gasteiger partial charge < -0.3 is 9.47 Å². The van der Waals surface area contributed by atoms with Gasteiger partial charge in [0.25, 0.3) is 0 Å². The highest BCUT2D eigenvalue weighted by Gasteiger charge is 2.22. The summed E-state index contributed by atoms with van der Waals surface area (Å²) in [5, 5.41) is 0.669. The zero-order valence-electron chi connectivity index (χ0n) is 9.79. The van der Waals surface area contributed by atoms with Gasteiger partial charge in [0.2, 0.25) is 0 Å². The molecule has 0 heterocycles. The van der Waals surface area contributed by atoms with Gasteiger partial charge in [0.1, 0.15) is 5.75 Å². The number of halogens is 2. The van der Waals surface area contributed by atoms with Gasteiger partial charge in [0.15, 0.2) is 0 Å². The van der Waals surface area contributed by atoms with Crippen molar-refractivity contribution in [3.63, 3.8) is 0 Å². The molecule has 0 saturated heterocycles. The monoisotopic (exact) mass is 318 g/mol. The van der Waals surface area contributed by atoms with Gasteiger partial charge in [-0.1, -0.05) is 27.5 Å². The van der Waals surface area contributed by atoms with Crippen LogP contribution in [0, 0.1) is 0 Å². The first kappa shape index (κ1) is 13.2. The fourth-order valence-electron chi connectivity index (χ4n) is 2.13. The molecule has 4 heteroatoms. The van der Waals surface area contributed by atoms with Crippen LogP contribution in [0.2, 0.25) is 5.02 Å². The number of hydrogen-bond acceptors (Lipinski definition) is 2. The average Bonchev–Trinajstić information content (AvgIpc) is 2.35. The van der Waals surface area contributed by atoms with Crippen molar-refractivity contribution in [2.75, 3.05) is 7.11 Å². The number of rotatable bonds is 3. The van der Waals surface area contributed by atoms with E-state index in [1.165, 1.54) is 0 Å². The number of benzene rings is 1. The third-order valence-electron chi connectivity index (χ3n) is 3.14. The van der Waals surface area contributed by atoms with E-state index in [0.29, 0.717) is 11.1 Å². The second-order valence-electron chi connectivity index (χ2n) is 4.33. The summed E-state index contributed by atoms with van der Waals surface area (Å²) >= 11 is 9.52. The maximum atomic E-state index is 6.10. The van der Waals surface area contributed by atoms with Gasteiger partial charge >= 0.3 is 0 Å². The van der Waals surface area contributed by atoms with Crippen LogP contribution in [0.25, 0.3) is 0 Å². The lowest BCUT2D eigenvalue weighted by molar-refractivity contribution is 0.0327. The Morgan fingerprint density at radius 3 is 2.47 bits per heavy atom. The molecule has 2 rings (SSSR count). The number of methoxy groups -OCH3 is 1. The van der Waals surface area contributed by atoms with E-state index in [4.69, 9.17) is 21.1 Å². The Balaban J connectivity index is 1.95. The van der Waals surface area contributed by atoms with Crippen LogP contribution in [0.1, 0.15) is 25.7 Å². The van der Waals surface area contributed by atoms with Gasteiger partial charge in [-0.3, -0.25) is 0 Å². The van der Waals surface area contributed by atoms with Crippen molar-refractivity contribution in [1.82, 2.24) is 0 Å². The molecule has 0 atom stereocenters. The van der Waals surface area contributed by atoms with E-state index in [2.05, 4.69) is 15.9 Å². The van der Waals surface area contributed by atoms with E-state index in [1.807, 2.05) is 18.2 Å². The minimum atomic E-state index is 0.258. The molecule has 0 unspecified atom stereocenters. The van der Waals surface area contributed by atoms with E-state index < -0.39 is 0 Å². The summed E-state index contributed by atoms with van der Waals surface area (Å²) in [4.78, 5) is 0. The Morgan fingerprint density at radius 1 is 1.18 bits per heavy atom. The molecule has 0 bridgehead atoms. The molecule has 94 valence electrons. The van der Waals surface area contributed by atoms with Crippen molar-refractivity contribution in [2.24, 2.45) is 0 Å². The highest BCUT2D eigenvalue weighted by Crippen LogP contribution is 2.31. The predicted molar refractivity (Wildman–Crippen MR) is 72.8 cm³/mol. The zero-order valence-corrected chi connectivity index (χ0v) is 12.1. The zero-order chi connectivity index (χ0) is 12.3. The molecule has 0 amide bonds. The maximum absolute atomic E-state index is 6.10. The summed E-state index contributed by atoms with van der Waals surface area (Å²) in [6.07, 6.45) is 4.84. The Morgan fingerprint density at radius 2 is 1.82 bits per heavy atom. The summed E-state index contributed by atoms with van der Waals surface area (Å²) in [5.41, 5.74) is 0. The smallest absolute Gasteiger partial charge is 0.139 e. The van der Waals surface area contributed by atoms with Crippen LogP contribution in [-0.4, -0.2) is 19.3 Å². The molecule has 1 aliphatic carbocycles. The second kappa shape index (κ2) is 6.07. The van der Waals surface area contributed by atoms with Crippen LogP contribution >= 0.6 is 27.5 Å². The Labute approximate surface area is 115 Å². The van der Waals surface area contributed by atoms with Gasteiger partial charge in [0, 0.05) is 11.6 Å². The Kier molecular flexibility index (Phi) is 4.71. The summed E-state index contributed by atoms with van der Waals surface area (Å²) in [7, 11) is 1.77. The molecule has 0 spiro atoms. The van der Waals surface area contributed by atoms with E-state index in [9.17, 15) is 0 Å². The normalized spacial score (nSPS) is 24.6. The fraction of sp³-hybridized carbons (Fsp3) is 0.538. The number of ether oxygens (including phenoxy) is 2. The van der Waals surface area contributed by atoms with Gasteiger partial charge in [0.05, 0.1) is 17.2 Å². The van der Waals surface area contributed by atoms with Crippen LogP contribution in [0.4, 0.5) is 0 Å². The van der Waals surface area contributed by atoms with E-state index in [-0.39, 0.29) is 6.10 Å². The molecule has 2 nitrogen and oxygen atoms in total. The third-order valence-corrected chi connectivity index (χ3v) is 3.95. The fourth-order valence-corrected chi connectivity index (χ4v) is 2.64. The Bertz CT molecular complexity index is 376. The lowest BCUT2D eigenvalue weighted by Gasteiger charge is -2.28. The molecule has 1 fully saturated rings. The largest absolute Gasteiger partial charge is 0.489 e. The van der Waals surface area contributed by atoms with Crippen molar-refractivity contribution >= 4 is 27.5 Å². The van der Waals surface area contributed by atoms with Crippen LogP contribution in [0.5, 0.6) is 5.75 Å². The quantitative estimate of drug-likeness (QED) is 0.820. The van der Waals surface area contributed by atoms with Gasteiger partial charge in [-0.25, -0.2) is 0 Å². The lowest BCUT2D eigenvalue weighted by Crippen LogP contribution is -2.27. The second-order valence-corrected chi connectivity index (χ2v) is 5.65. The van der Waals surface area contributed by atoms with Crippen LogP contribution in [0.3, 0.4) is 0 Å². The van der Waals surface area contributed by atoms with Crippen LogP contribution < -0.4 is 4.74 Å².